The van der Waals surface area contributed by atoms with E-state index >= 15 is 0 Å². The smallest absolute Gasteiger partial charge is 0.161 e. The number of rotatable bonds is 12. The Kier molecular flexibility index (Phi) is 19.9. The minimum atomic E-state index is -0.111. The summed E-state index contributed by atoms with van der Waals surface area (Å²) in [4.78, 5) is 45.0. The lowest BCUT2D eigenvalue weighted by molar-refractivity contribution is 0.660. The first-order valence-electron chi connectivity index (χ1n) is 50.5. The maximum absolute atomic E-state index is 5.37. The number of nitrogens with zero attached hydrogens (tertiary/aromatic N) is 9. The molecular formula is C138H93N9. The highest BCUT2D eigenvalue weighted by molar-refractivity contribution is 6.28. The van der Waals surface area contributed by atoms with Crippen molar-refractivity contribution in [1.82, 2.24) is 44.9 Å². The summed E-state index contributed by atoms with van der Waals surface area (Å²) in [7, 11) is 0. The fraction of sp³-hybridized carbons (Fsp3) is 0.0652. The van der Waals surface area contributed by atoms with Crippen LogP contribution in [0.15, 0.2) is 456 Å². The van der Waals surface area contributed by atoms with E-state index < -0.39 is 0 Å². The largest absolute Gasteiger partial charge is 0.264 e. The summed E-state index contributed by atoms with van der Waals surface area (Å²) in [5, 5.41) is 22.6. The first kappa shape index (κ1) is 86.3. The van der Waals surface area contributed by atoms with Crippen molar-refractivity contribution >= 4 is 97.0 Å². The highest BCUT2D eigenvalue weighted by atomic mass is 14.9. The van der Waals surface area contributed by atoms with Crippen LogP contribution in [-0.4, -0.2) is 44.9 Å². The van der Waals surface area contributed by atoms with Crippen LogP contribution in [0.4, 0.5) is 0 Å². The molecule has 0 atom stereocenters. The zero-order valence-corrected chi connectivity index (χ0v) is 81.8. The average molecular weight is 1880 g/mol. The van der Waals surface area contributed by atoms with E-state index in [1.165, 1.54) is 164 Å². The third-order valence-electron chi connectivity index (χ3n) is 31.6. The second kappa shape index (κ2) is 33.8. The lowest BCUT2D eigenvalue weighted by Crippen LogP contribution is -2.15. The van der Waals surface area contributed by atoms with Crippen LogP contribution in [0.3, 0.4) is 0 Å². The maximum atomic E-state index is 5.37. The van der Waals surface area contributed by atoms with E-state index in [2.05, 4.69) is 457 Å². The Bertz CT molecular complexity index is 9980. The van der Waals surface area contributed by atoms with Gasteiger partial charge in [-0.3, -0.25) is 15.0 Å². The van der Waals surface area contributed by atoms with Gasteiger partial charge in [0.2, 0.25) is 0 Å². The minimum absolute atomic E-state index is 0.102. The third kappa shape index (κ3) is 14.2. The SMILES string of the molecule is CC1(C)c2ccccc2-c2ccc(-c3cc(-c4ccc5ccc6cccc7ccc4c5c67)nc(-c4ccc(-c5cccnc5)cc4)n3)cc21.CC1(C)c2ccccc2-c2ccc(-c3cc(-c4ccc5ccc6cccc7ccc4c5c67)nc(-c4cccc(-c5cccnc5)c4)n3)cc21.CC1(C)c2ccccc2-c2ccc(-c3cc(-c4ccc5ccc6cccc7ccc4c5c67)nc(-c4ccccc4-c4cccnc4)n3)cc21. The number of benzene rings is 21. The van der Waals surface area contributed by atoms with Gasteiger partial charge in [0.15, 0.2) is 17.5 Å². The molecule has 147 heavy (non-hydrogen) atoms. The molecule has 0 aliphatic heterocycles. The van der Waals surface area contributed by atoms with E-state index in [0.717, 1.165) is 118 Å². The van der Waals surface area contributed by atoms with Crippen molar-refractivity contribution in [3.05, 3.63) is 489 Å². The van der Waals surface area contributed by atoms with Crippen LogP contribution >= 0.6 is 0 Å². The van der Waals surface area contributed by atoms with Crippen LogP contribution in [0, 0.1) is 0 Å². The van der Waals surface area contributed by atoms with Crippen molar-refractivity contribution in [1.29, 1.82) is 0 Å². The van der Waals surface area contributed by atoms with Crippen molar-refractivity contribution in [3.63, 3.8) is 0 Å². The van der Waals surface area contributed by atoms with Crippen LogP contribution in [0.5, 0.6) is 0 Å². The van der Waals surface area contributed by atoms with Gasteiger partial charge in [0, 0.05) is 115 Å². The van der Waals surface area contributed by atoms with Crippen molar-refractivity contribution in [2.75, 3.05) is 0 Å². The third-order valence-corrected chi connectivity index (χ3v) is 31.6. The summed E-state index contributed by atoms with van der Waals surface area (Å²) >= 11 is 0. The van der Waals surface area contributed by atoms with Gasteiger partial charge in [-0.2, -0.15) is 0 Å². The molecule has 0 radical (unpaired) electrons. The van der Waals surface area contributed by atoms with E-state index in [1.54, 1.807) is 12.4 Å². The van der Waals surface area contributed by atoms with Gasteiger partial charge in [0.1, 0.15) is 0 Å². The molecule has 6 heterocycles. The van der Waals surface area contributed by atoms with Gasteiger partial charge in [-0.25, -0.2) is 29.9 Å². The summed E-state index contributed by atoms with van der Waals surface area (Å²) in [6, 6.07) is 151. The fourth-order valence-electron chi connectivity index (χ4n) is 24.2. The molecule has 30 rings (SSSR count). The summed E-state index contributed by atoms with van der Waals surface area (Å²) < 4.78 is 0. The van der Waals surface area contributed by atoms with Crippen LogP contribution in [0.2, 0.25) is 0 Å². The topological polar surface area (TPSA) is 116 Å². The van der Waals surface area contributed by atoms with Crippen molar-refractivity contribution < 1.29 is 0 Å². The molecule has 3 aliphatic carbocycles. The molecule has 27 aromatic rings. The van der Waals surface area contributed by atoms with Crippen LogP contribution in [-0.2, 0) is 16.2 Å². The molecule has 0 spiro atoms. The lowest BCUT2D eigenvalue weighted by Gasteiger charge is -2.22. The average Bonchev–Trinajstić information content (AvgIpc) is 1.73. The van der Waals surface area contributed by atoms with Gasteiger partial charge >= 0.3 is 0 Å². The number of fused-ring (bicyclic) bond motifs is 9. The summed E-state index contributed by atoms with van der Waals surface area (Å²) in [5.74, 6) is 2.10. The quantitative estimate of drug-likeness (QED) is 0.110. The molecule has 690 valence electrons. The first-order valence-corrected chi connectivity index (χ1v) is 50.5. The van der Waals surface area contributed by atoms with E-state index in [4.69, 9.17) is 29.9 Å². The standard InChI is InChI=1S/3C46H31N3/c1-46(2)39-14-4-3-13-35(39)36-20-19-32(25-40(36)46)41-26-42(49-45(48-41)33-11-6-10-31(24-33)34-12-7-23-47-27-34)37-21-17-30-16-15-28-8-5-9-29-18-22-38(37)44(30)43(28)29;1-46(2)39-11-4-3-10-35(39)36-21-20-33(25-40(36)46)41-26-42(49-45(48-41)32-16-12-28(13-17-32)34-9-6-24-47-27-34)37-22-18-31-15-14-29-7-5-8-30-19-23-38(37)44(31)43(29)30;1-46(2)39-15-6-5-13-34(39)35-21-20-31(25-40(35)46)41-26-42(49-45(48-41)38-14-4-3-12-33(38)32-11-8-24-47-27-32)36-22-18-30-17-16-28-9-7-10-29-19-23-37(36)44(30)43(28)29/h3*3-27H,1-2H3. The second-order valence-corrected chi connectivity index (χ2v) is 41.0. The minimum Gasteiger partial charge on any atom is -0.264 e. The molecular weight excluding hydrogens is 1780 g/mol. The molecule has 0 saturated carbocycles. The maximum Gasteiger partial charge on any atom is 0.161 e. The van der Waals surface area contributed by atoms with Crippen LogP contribution < -0.4 is 0 Å². The van der Waals surface area contributed by atoms with Gasteiger partial charge < -0.3 is 0 Å². The Labute approximate surface area is 851 Å². The molecule has 0 amide bonds. The fourth-order valence-corrected chi connectivity index (χ4v) is 24.2. The van der Waals surface area contributed by atoms with Crippen LogP contribution in [0.25, 0.3) is 265 Å². The highest BCUT2D eigenvalue weighted by Gasteiger charge is 2.39. The Balaban J connectivity index is 0.000000107. The summed E-state index contributed by atoms with van der Waals surface area (Å²) in [6.07, 6.45) is 11.1. The zero-order chi connectivity index (χ0) is 98.1. The van der Waals surface area contributed by atoms with Crippen molar-refractivity contribution in [2.45, 2.75) is 57.8 Å². The molecule has 6 aromatic heterocycles. The Morgan fingerprint density at radius 2 is 0.422 bits per heavy atom. The lowest BCUT2D eigenvalue weighted by atomic mass is 9.82. The molecule has 9 nitrogen and oxygen atoms in total. The van der Waals surface area contributed by atoms with Crippen LogP contribution in [0.1, 0.15) is 74.9 Å². The molecule has 0 saturated heterocycles. The predicted molar refractivity (Wildman–Crippen MR) is 609 cm³/mol. The molecule has 0 fully saturated rings. The van der Waals surface area contributed by atoms with Crippen molar-refractivity contribution in [2.24, 2.45) is 0 Å². The zero-order valence-electron chi connectivity index (χ0n) is 81.8. The summed E-state index contributed by atoms with van der Waals surface area (Å²) in [6.45, 7) is 14.0. The Hall–Kier alpha value is -18.6. The number of hydrogen-bond donors (Lipinski definition) is 0. The van der Waals surface area contributed by atoms with E-state index in [1.807, 2.05) is 43.0 Å². The normalized spacial score (nSPS) is 13.3. The molecule has 21 aromatic carbocycles. The van der Waals surface area contributed by atoms with Crippen molar-refractivity contribution in [3.8, 4) is 168 Å². The molecule has 0 bridgehead atoms. The summed E-state index contributed by atoms with van der Waals surface area (Å²) in [5.41, 5.74) is 37.0. The van der Waals surface area contributed by atoms with Gasteiger partial charge in [-0.05, 0) is 247 Å². The molecule has 0 N–H and O–H groups in total. The number of pyridine rings is 3. The number of hydrogen-bond acceptors (Lipinski definition) is 9. The van der Waals surface area contributed by atoms with Gasteiger partial charge in [-0.15, -0.1) is 0 Å². The van der Waals surface area contributed by atoms with E-state index in [-0.39, 0.29) is 16.2 Å². The predicted octanol–water partition coefficient (Wildman–Crippen LogP) is 35.2. The molecule has 9 heteroatoms. The van der Waals surface area contributed by atoms with E-state index in [9.17, 15) is 0 Å². The Morgan fingerprint density at radius 3 is 0.810 bits per heavy atom. The monoisotopic (exact) mass is 1880 g/mol. The second-order valence-electron chi connectivity index (χ2n) is 41.0. The Morgan fingerprint density at radius 1 is 0.150 bits per heavy atom. The van der Waals surface area contributed by atoms with Gasteiger partial charge in [-0.1, -0.05) is 399 Å². The first-order chi connectivity index (χ1) is 72.1. The molecule has 0 unspecified atom stereocenters. The number of aromatic nitrogens is 9. The molecule has 3 aliphatic rings. The van der Waals surface area contributed by atoms with Gasteiger partial charge in [0.25, 0.3) is 0 Å². The van der Waals surface area contributed by atoms with Gasteiger partial charge in [0.05, 0.1) is 34.2 Å². The van der Waals surface area contributed by atoms with E-state index in [0.29, 0.717) is 17.5 Å². The highest BCUT2D eigenvalue weighted by Crippen LogP contribution is 2.55.